The van der Waals surface area contributed by atoms with Crippen LogP contribution in [0.1, 0.15) is 41.5 Å². The first-order valence-electron chi connectivity index (χ1n) is 9.21. The number of benzene rings is 2. The van der Waals surface area contributed by atoms with Crippen molar-refractivity contribution in [3.63, 3.8) is 0 Å². The van der Waals surface area contributed by atoms with Crippen LogP contribution in [0.3, 0.4) is 0 Å². The molecule has 2 aliphatic heterocycles. The molecule has 27 heavy (non-hydrogen) atoms. The first kappa shape index (κ1) is 18.3. The highest BCUT2D eigenvalue weighted by molar-refractivity contribution is 7.85. The summed E-state index contributed by atoms with van der Waals surface area (Å²) in [6.45, 7) is 4.04. The van der Waals surface area contributed by atoms with E-state index in [1.165, 1.54) is 28.8 Å². The molecule has 0 saturated carbocycles. The zero-order chi connectivity index (χ0) is 19.0. The van der Waals surface area contributed by atoms with Crippen molar-refractivity contribution in [2.45, 2.75) is 37.0 Å². The standard InChI is InChI=1S/C20H23NO5S/c1-2-3-16-15-8-9-21-11-18(17(15)10-19-20(16)26-12-25-19)13-4-6-14(7-5-13)27(22,23)24/h4-7,10,18,21H,2-3,8-9,11-12H2,1H3,(H,22,23,24). The van der Waals surface area contributed by atoms with Crippen molar-refractivity contribution in [3.05, 3.63) is 52.6 Å². The summed E-state index contributed by atoms with van der Waals surface area (Å²) >= 11 is 0. The van der Waals surface area contributed by atoms with Gasteiger partial charge in [-0.15, -0.1) is 0 Å². The van der Waals surface area contributed by atoms with Crippen LogP contribution in [0, 0.1) is 0 Å². The van der Waals surface area contributed by atoms with Gasteiger partial charge in [0.15, 0.2) is 11.5 Å². The Balaban J connectivity index is 1.82. The van der Waals surface area contributed by atoms with E-state index in [0.717, 1.165) is 49.4 Å². The fourth-order valence-corrected chi connectivity index (χ4v) is 4.51. The predicted octanol–water partition coefficient (Wildman–Crippen LogP) is 2.89. The highest BCUT2D eigenvalue weighted by Crippen LogP contribution is 2.44. The molecule has 1 unspecified atom stereocenters. The van der Waals surface area contributed by atoms with Gasteiger partial charge < -0.3 is 14.8 Å². The summed E-state index contributed by atoms with van der Waals surface area (Å²) in [5.74, 6) is 1.74. The fraction of sp³-hybridized carbons (Fsp3) is 0.400. The Morgan fingerprint density at radius 1 is 1.22 bits per heavy atom. The van der Waals surface area contributed by atoms with Crippen LogP contribution in [0.15, 0.2) is 35.2 Å². The van der Waals surface area contributed by atoms with Crippen LogP contribution in [0.2, 0.25) is 0 Å². The molecular weight excluding hydrogens is 366 g/mol. The van der Waals surface area contributed by atoms with Crippen LogP contribution in [0.4, 0.5) is 0 Å². The minimum absolute atomic E-state index is 0.0723. The van der Waals surface area contributed by atoms with Crippen LogP contribution in [-0.4, -0.2) is 32.9 Å². The Hall–Kier alpha value is -2.09. The van der Waals surface area contributed by atoms with Crippen LogP contribution < -0.4 is 14.8 Å². The summed E-state index contributed by atoms with van der Waals surface area (Å²) in [7, 11) is -4.19. The quantitative estimate of drug-likeness (QED) is 0.782. The van der Waals surface area contributed by atoms with Crippen LogP contribution in [-0.2, 0) is 23.0 Å². The monoisotopic (exact) mass is 389 g/mol. The molecule has 2 aromatic carbocycles. The zero-order valence-corrected chi connectivity index (χ0v) is 16.0. The Morgan fingerprint density at radius 2 is 2.00 bits per heavy atom. The van der Waals surface area contributed by atoms with Crippen molar-refractivity contribution >= 4 is 10.1 Å². The first-order valence-corrected chi connectivity index (χ1v) is 10.7. The smallest absolute Gasteiger partial charge is 0.294 e. The summed E-state index contributed by atoms with van der Waals surface area (Å²) in [5, 5.41) is 3.48. The lowest BCUT2D eigenvalue weighted by Gasteiger charge is -2.21. The summed E-state index contributed by atoms with van der Waals surface area (Å²) in [5.41, 5.74) is 4.73. The van der Waals surface area contributed by atoms with E-state index >= 15 is 0 Å². The Morgan fingerprint density at radius 3 is 2.70 bits per heavy atom. The van der Waals surface area contributed by atoms with Crippen LogP contribution in [0.5, 0.6) is 11.5 Å². The van der Waals surface area contributed by atoms with Crippen LogP contribution in [0.25, 0.3) is 0 Å². The minimum atomic E-state index is -4.19. The van der Waals surface area contributed by atoms with E-state index < -0.39 is 10.1 Å². The molecule has 2 aromatic rings. The first-order chi connectivity index (χ1) is 13.0. The summed E-state index contributed by atoms with van der Waals surface area (Å²) in [4.78, 5) is -0.0922. The summed E-state index contributed by atoms with van der Waals surface area (Å²) < 4.78 is 43.3. The summed E-state index contributed by atoms with van der Waals surface area (Å²) in [6, 6.07) is 8.53. The van der Waals surface area contributed by atoms with Gasteiger partial charge in [0.05, 0.1) is 4.90 Å². The molecule has 144 valence electrons. The molecule has 0 amide bonds. The van der Waals surface area contributed by atoms with E-state index in [9.17, 15) is 13.0 Å². The number of fused-ring (bicyclic) bond motifs is 2. The molecule has 1 atom stereocenters. The maximum Gasteiger partial charge on any atom is 0.294 e. The molecule has 0 radical (unpaired) electrons. The lowest BCUT2D eigenvalue weighted by molar-refractivity contribution is 0.173. The van der Waals surface area contributed by atoms with Gasteiger partial charge in [-0.05, 0) is 54.3 Å². The largest absolute Gasteiger partial charge is 0.454 e. The Kier molecular flexibility index (Phi) is 4.84. The molecule has 0 aromatic heterocycles. The SMILES string of the molecule is CCCc1c2c(cc3c1OCO3)C(c1ccc(S(=O)(=O)O)cc1)CNCC2. The Labute approximate surface area is 159 Å². The van der Waals surface area contributed by atoms with Gasteiger partial charge >= 0.3 is 0 Å². The highest BCUT2D eigenvalue weighted by atomic mass is 32.2. The second-order valence-corrected chi connectivity index (χ2v) is 8.38. The molecule has 2 heterocycles. The van der Waals surface area contributed by atoms with Gasteiger partial charge in [0.25, 0.3) is 10.1 Å². The maximum atomic E-state index is 11.3. The molecule has 0 saturated heterocycles. The van der Waals surface area contributed by atoms with Crippen molar-refractivity contribution in [1.82, 2.24) is 5.32 Å². The molecule has 4 rings (SSSR count). The second kappa shape index (κ2) is 7.14. The highest BCUT2D eigenvalue weighted by Gasteiger charge is 2.29. The topological polar surface area (TPSA) is 84.9 Å². The molecule has 0 bridgehead atoms. The molecule has 7 heteroatoms. The van der Waals surface area contributed by atoms with Crippen molar-refractivity contribution in [2.75, 3.05) is 19.9 Å². The Bertz CT molecular complexity index is 953. The van der Waals surface area contributed by atoms with E-state index in [1.807, 2.05) is 0 Å². The van der Waals surface area contributed by atoms with Gasteiger partial charge in [-0.3, -0.25) is 4.55 Å². The van der Waals surface area contributed by atoms with Gasteiger partial charge in [-0.1, -0.05) is 25.5 Å². The molecule has 0 aliphatic carbocycles. The third-order valence-electron chi connectivity index (χ3n) is 5.27. The van der Waals surface area contributed by atoms with E-state index in [-0.39, 0.29) is 17.6 Å². The lowest BCUT2D eigenvalue weighted by Crippen LogP contribution is -2.20. The summed E-state index contributed by atoms with van der Waals surface area (Å²) in [6.07, 6.45) is 2.87. The number of rotatable bonds is 4. The minimum Gasteiger partial charge on any atom is -0.454 e. The normalized spacial score (nSPS) is 18.8. The lowest BCUT2D eigenvalue weighted by atomic mass is 9.84. The van der Waals surface area contributed by atoms with Gasteiger partial charge in [-0.2, -0.15) is 8.42 Å². The van der Waals surface area contributed by atoms with Crippen molar-refractivity contribution in [3.8, 4) is 11.5 Å². The zero-order valence-electron chi connectivity index (χ0n) is 15.2. The molecule has 0 spiro atoms. The average molecular weight is 389 g/mol. The number of ether oxygens (including phenoxy) is 2. The third kappa shape index (κ3) is 3.42. The van der Waals surface area contributed by atoms with E-state index in [4.69, 9.17) is 9.47 Å². The molecule has 0 fully saturated rings. The number of nitrogens with one attached hydrogen (secondary N) is 1. The number of hydrogen-bond donors (Lipinski definition) is 2. The van der Waals surface area contributed by atoms with E-state index in [2.05, 4.69) is 18.3 Å². The van der Waals surface area contributed by atoms with Crippen molar-refractivity contribution in [2.24, 2.45) is 0 Å². The van der Waals surface area contributed by atoms with E-state index in [1.54, 1.807) is 12.1 Å². The molecular formula is C20H23NO5S. The van der Waals surface area contributed by atoms with Crippen molar-refractivity contribution < 1.29 is 22.4 Å². The van der Waals surface area contributed by atoms with Crippen molar-refractivity contribution in [1.29, 1.82) is 0 Å². The second-order valence-electron chi connectivity index (χ2n) is 6.96. The van der Waals surface area contributed by atoms with Gasteiger partial charge in [0.1, 0.15) is 0 Å². The predicted molar refractivity (Wildman–Crippen MR) is 101 cm³/mol. The number of hydrogen-bond acceptors (Lipinski definition) is 5. The van der Waals surface area contributed by atoms with Gasteiger partial charge in [0.2, 0.25) is 6.79 Å². The maximum absolute atomic E-state index is 11.3. The van der Waals surface area contributed by atoms with E-state index in [0.29, 0.717) is 0 Å². The molecule has 2 aliphatic rings. The fourth-order valence-electron chi connectivity index (χ4n) is 4.03. The van der Waals surface area contributed by atoms with Crippen LogP contribution >= 0.6 is 0 Å². The third-order valence-corrected chi connectivity index (χ3v) is 6.14. The van der Waals surface area contributed by atoms with Gasteiger partial charge in [0, 0.05) is 18.0 Å². The molecule has 2 N–H and O–H groups in total. The average Bonchev–Trinajstić information content (AvgIpc) is 3.00. The van der Waals surface area contributed by atoms with Gasteiger partial charge in [-0.25, -0.2) is 0 Å². The molecule has 6 nitrogen and oxygen atoms in total.